The van der Waals surface area contributed by atoms with Crippen molar-refractivity contribution >= 4 is 63.6 Å². The third-order valence-corrected chi connectivity index (χ3v) is 13.7. The van der Waals surface area contributed by atoms with Crippen LogP contribution in [-0.2, 0) is 25.7 Å². The topological polar surface area (TPSA) is 180 Å². The van der Waals surface area contributed by atoms with Crippen LogP contribution in [0.5, 0.6) is 5.75 Å². The van der Waals surface area contributed by atoms with E-state index in [1.807, 2.05) is 44.2 Å². The van der Waals surface area contributed by atoms with Gasteiger partial charge in [0.25, 0.3) is 17.4 Å². The number of aromatic nitrogens is 3. The summed E-state index contributed by atoms with van der Waals surface area (Å²) in [5.41, 5.74) is 4.10. The summed E-state index contributed by atoms with van der Waals surface area (Å²) in [5, 5.41) is 9.38. The van der Waals surface area contributed by atoms with Crippen LogP contribution >= 0.6 is 11.6 Å². The van der Waals surface area contributed by atoms with Gasteiger partial charge in [-0.1, -0.05) is 23.7 Å². The van der Waals surface area contributed by atoms with Gasteiger partial charge in [0.05, 0.1) is 23.9 Å². The molecule has 1 atom stereocenters. The number of nitrogens with one attached hydrogen (secondary N) is 3. The normalized spacial score (nSPS) is 22.3. The molecule has 3 N–H and O–H groups in total. The van der Waals surface area contributed by atoms with Crippen molar-refractivity contribution < 1.29 is 28.7 Å². The summed E-state index contributed by atoms with van der Waals surface area (Å²) >= 11 is 6.60. The van der Waals surface area contributed by atoms with Gasteiger partial charge in [-0.05, 0) is 119 Å². The summed E-state index contributed by atoms with van der Waals surface area (Å²) < 4.78 is 13.9. The third-order valence-electron chi connectivity index (χ3n) is 13.4. The maximum Gasteiger partial charge on any atom is 0.293 e. The van der Waals surface area contributed by atoms with Gasteiger partial charge in [-0.15, -0.1) is 0 Å². The number of benzene rings is 2. The molecule has 2 aromatic carbocycles. The van der Waals surface area contributed by atoms with E-state index in [2.05, 4.69) is 36.8 Å². The highest BCUT2D eigenvalue weighted by atomic mass is 35.5. The van der Waals surface area contributed by atoms with E-state index in [0.29, 0.717) is 53.0 Å². The zero-order valence-corrected chi connectivity index (χ0v) is 36.7. The Balaban J connectivity index is 0.751. The van der Waals surface area contributed by atoms with E-state index in [4.69, 9.17) is 26.1 Å². The predicted molar refractivity (Wildman–Crippen MR) is 238 cm³/mol. The summed E-state index contributed by atoms with van der Waals surface area (Å²) in [7, 11) is 1.52. The Labute approximate surface area is 370 Å². The molecule has 17 heteroatoms. The number of likely N-dealkylation sites (tertiary alicyclic amines) is 1. The molecule has 16 nitrogen and oxygen atoms in total. The molecule has 9 rings (SSSR count). The Bertz CT molecular complexity index is 2490. The van der Waals surface area contributed by atoms with E-state index in [1.54, 1.807) is 21.7 Å². The van der Waals surface area contributed by atoms with Crippen LogP contribution in [0.15, 0.2) is 53.5 Å². The lowest BCUT2D eigenvalue weighted by Crippen LogP contribution is -2.52. The van der Waals surface area contributed by atoms with Gasteiger partial charge in [0, 0.05) is 61.8 Å². The molecule has 2 aromatic heterocycles. The van der Waals surface area contributed by atoms with Gasteiger partial charge in [-0.2, -0.15) is 4.98 Å². The number of piperidine rings is 3. The van der Waals surface area contributed by atoms with Crippen LogP contribution in [0.4, 0.5) is 17.5 Å². The number of halogens is 1. The summed E-state index contributed by atoms with van der Waals surface area (Å²) in [6, 6.07) is 13.1. The maximum absolute atomic E-state index is 13.4. The van der Waals surface area contributed by atoms with Gasteiger partial charge in [0.15, 0.2) is 18.2 Å². The molecule has 3 saturated heterocycles. The van der Waals surface area contributed by atoms with Gasteiger partial charge < -0.3 is 39.4 Å². The molecule has 0 radical (unpaired) electrons. The van der Waals surface area contributed by atoms with Crippen molar-refractivity contribution in [3.05, 3.63) is 80.7 Å². The van der Waals surface area contributed by atoms with E-state index in [-0.39, 0.29) is 66.2 Å². The Morgan fingerprint density at radius 2 is 1.75 bits per heavy atom. The van der Waals surface area contributed by atoms with Gasteiger partial charge in [-0.25, -0.2) is 4.98 Å². The molecular formula is C46H54ClN9O7. The second kappa shape index (κ2) is 17.9. The molecule has 332 valence electrons. The van der Waals surface area contributed by atoms with Crippen LogP contribution in [0.2, 0.25) is 5.02 Å². The molecule has 0 bridgehead atoms. The van der Waals surface area contributed by atoms with Gasteiger partial charge in [0.1, 0.15) is 11.1 Å². The van der Waals surface area contributed by atoms with Crippen LogP contribution in [0, 0.1) is 0 Å². The number of amides is 4. The fourth-order valence-electron chi connectivity index (χ4n) is 9.94. The standard InChI is InChI=1S/C46H54ClN9O7/c1-26(2)56-37-8-7-29(19-28(37)20-39(45(56)61)62-25-41(58)48-3)50-42-36(47)23-49-46(52-42)54-17-13-31(14-18-54)63-32-21-30(22-32)53-15-11-27(12-16-53)33-5-4-6-34-35(33)24-55(44(34)60)38-9-10-40(57)51-43(38)59/h4-8,19-20,23,26-27,30-32,38H,9-18,21-22,24-25H2,1-3H3,(H,48,58)(H,49,50,52)(H,51,57,59). The Kier molecular flexibility index (Phi) is 12.1. The average molecular weight is 880 g/mol. The van der Waals surface area contributed by atoms with Crippen molar-refractivity contribution in [3.8, 4) is 5.75 Å². The number of carbonyl (C=O) groups is 4. The van der Waals surface area contributed by atoms with Crippen molar-refractivity contribution in [2.75, 3.05) is 50.1 Å². The number of ether oxygens (including phenoxy) is 2. The first-order valence-corrected chi connectivity index (χ1v) is 22.5. The molecule has 4 aromatic rings. The molecule has 1 aliphatic carbocycles. The summed E-state index contributed by atoms with van der Waals surface area (Å²) in [5.74, 6) is 0.411. The van der Waals surface area contributed by atoms with Crippen molar-refractivity contribution in [2.24, 2.45) is 0 Å². The summed E-state index contributed by atoms with van der Waals surface area (Å²) in [6.45, 7) is 7.53. The van der Waals surface area contributed by atoms with E-state index in [0.717, 1.165) is 81.2 Å². The largest absolute Gasteiger partial charge is 0.478 e. The summed E-state index contributed by atoms with van der Waals surface area (Å²) in [4.78, 5) is 78.6. The van der Waals surface area contributed by atoms with Crippen molar-refractivity contribution in [1.29, 1.82) is 0 Å². The van der Waals surface area contributed by atoms with Gasteiger partial charge in [0.2, 0.25) is 17.8 Å². The monoisotopic (exact) mass is 879 g/mol. The molecule has 4 aliphatic heterocycles. The fraction of sp³-hybridized carbons (Fsp3) is 0.500. The SMILES string of the molecule is CNC(=O)COc1cc2cc(Nc3nc(N4CCC(OC5CC(N6CCC(c7cccc8c7CN(C7CCC(=O)NC7=O)C8=O)CC6)C5)CC4)ncc3Cl)ccc2n(C(C)C)c1=O. The first-order chi connectivity index (χ1) is 30.4. The summed E-state index contributed by atoms with van der Waals surface area (Å²) in [6.07, 6.45) is 8.52. The molecule has 4 fully saturated rings. The molecule has 0 spiro atoms. The maximum atomic E-state index is 13.4. The van der Waals surface area contributed by atoms with Crippen LogP contribution < -0.4 is 31.1 Å². The number of rotatable bonds is 12. The molecule has 6 heterocycles. The number of hydrogen-bond donors (Lipinski definition) is 3. The highest BCUT2D eigenvalue weighted by Gasteiger charge is 2.42. The minimum Gasteiger partial charge on any atom is -0.478 e. The van der Waals surface area contributed by atoms with Crippen molar-refractivity contribution in [1.82, 2.24) is 35.0 Å². The van der Waals surface area contributed by atoms with Gasteiger partial charge in [-0.3, -0.25) is 29.3 Å². The lowest BCUT2D eigenvalue weighted by atomic mass is 9.82. The van der Waals surface area contributed by atoms with Crippen molar-refractivity contribution in [2.45, 2.75) is 108 Å². The minimum absolute atomic E-state index is 0.0941. The lowest BCUT2D eigenvalue weighted by Gasteiger charge is -2.47. The molecule has 1 saturated carbocycles. The first-order valence-electron chi connectivity index (χ1n) is 22.2. The number of carbonyl (C=O) groups excluding carboxylic acids is 4. The van der Waals surface area contributed by atoms with Crippen LogP contribution in [-0.4, -0.2) is 112 Å². The fourth-order valence-corrected chi connectivity index (χ4v) is 10.1. The number of likely N-dealkylation sites (N-methyl/N-ethyl adjacent to an activating group) is 1. The highest BCUT2D eigenvalue weighted by Crippen LogP contribution is 2.40. The zero-order valence-electron chi connectivity index (χ0n) is 35.9. The molecule has 1 unspecified atom stereocenters. The van der Waals surface area contributed by atoms with E-state index >= 15 is 0 Å². The second-order valence-corrected chi connectivity index (χ2v) is 18.1. The number of anilines is 3. The molecule has 63 heavy (non-hydrogen) atoms. The Morgan fingerprint density at radius 1 is 0.968 bits per heavy atom. The number of hydrogen-bond acceptors (Lipinski definition) is 12. The second-order valence-electron chi connectivity index (χ2n) is 17.7. The number of nitrogens with zero attached hydrogens (tertiary/aromatic N) is 6. The number of fused-ring (bicyclic) bond motifs is 2. The Morgan fingerprint density at radius 3 is 2.48 bits per heavy atom. The number of imide groups is 1. The van der Waals surface area contributed by atoms with Crippen molar-refractivity contribution in [3.63, 3.8) is 0 Å². The highest BCUT2D eigenvalue weighted by molar-refractivity contribution is 6.33. The smallest absolute Gasteiger partial charge is 0.293 e. The molecular weight excluding hydrogens is 826 g/mol. The zero-order chi connectivity index (χ0) is 43.9. The van der Waals surface area contributed by atoms with E-state index < -0.39 is 6.04 Å². The quantitative estimate of drug-likeness (QED) is 0.162. The lowest BCUT2D eigenvalue weighted by molar-refractivity contribution is -0.137. The van der Waals surface area contributed by atoms with Crippen LogP contribution in [0.1, 0.15) is 98.7 Å². The predicted octanol–water partition coefficient (Wildman–Crippen LogP) is 5.05. The average Bonchev–Trinajstić information content (AvgIpc) is 3.60. The third kappa shape index (κ3) is 8.72. The van der Waals surface area contributed by atoms with Crippen LogP contribution in [0.25, 0.3) is 10.9 Å². The van der Waals surface area contributed by atoms with Crippen LogP contribution in [0.3, 0.4) is 0 Å². The van der Waals surface area contributed by atoms with E-state index in [9.17, 15) is 24.0 Å². The Hall–Kier alpha value is -5.58. The molecule has 5 aliphatic rings. The number of pyridine rings is 1. The van der Waals surface area contributed by atoms with Gasteiger partial charge >= 0.3 is 0 Å². The first kappa shape index (κ1) is 42.7. The van der Waals surface area contributed by atoms with E-state index in [1.165, 1.54) is 12.6 Å². The minimum atomic E-state index is -0.604. The molecule has 4 amide bonds.